The largest absolute Gasteiger partial charge is 0.376 e. The zero-order valence-corrected chi connectivity index (χ0v) is 8.11. The summed E-state index contributed by atoms with van der Waals surface area (Å²) in [4.78, 5) is 10.7. The third-order valence-electron chi connectivity index (χ3n) is 2.49. The number of ether oxygens (including phenoxy) is 1. The van der Waals surface area contributed by atoms with Crippen molar-refractivity contribution in [2.45, 2.75) is 19.4 Å². The summed E-state index contributed by atoms with van der Waals surface area (Å²) in [5.74, 6) is 0.776. The Labute approximate surface area is 83.9 Å². The smallest absolute Gasteiger partial charge is 0.150 e. The summed E-state index contributed by atoms with van der Waals surface area (Å²) in [6.07, 6.45) is 3.49. The van der Waals surface area contributed by atoms with Gasteiger partial charge in [-0.25, -0.2) is 0 Å². The lowest BCUT2D eigenvalue weighted by Gasteiger charge is -2.05. The summed E-state index contributed by atoms with van der Waals surface area (Å²) in [7, 11) is 0. The van der Waals surface area contributed by atoms with Gasteiger partial charge in [-0.05, 0) is 24.3 Å². The highest BCUT2D eigenvalue weighted by molar-refractivity contribution is 5.76. The van der Waals surface area contributed by atoms with Crippen LogP contribution in [0.4, 0.5) is 0 Å². The Balaban J connectivity index is 1.89. The predicted molar refractivity (Wildman–Crippen MR) is 54.2 cm³/mol. The first-order valence-electron chi connectivity index (χ1n) is 5.01. The molecule has 2 nitrogen and oxygen atoms in total. The van der Waals surface area contributed by atoms with Crippen LogP contribution in [0.3, 0.4) is 0 Å². The van der Waals surface area contributed by atoms with Gasteiger partial charge in [0.25, 0.3) is 0 Å². The maximum atomic E-state index is 10.7. The Kier molecular flexibility index (Phi) is 2.94. The molecular weight excluding hydrogens is 176 g/mol. The second-order valence-electron chi connectivity index (χ2n) is 3.78. The van der Waals surface area contributed by atoms with Crippen LogP contribution in [0.2, 0.25) is 0 Å². The molecule has 1 aliphatic rings. The van der Waals surface area contributed by atoms with Gasteiger partial charge in [0.1, 0.15) is 6.29 Å². The van der Waals surface area contributed by atoms with Gasteiger partial charge in [-0.3, -0.25) is 4.79 Å². The van der Waals surface area contributed by atoms with E-state index in [1.54, 1.807) is 0 Å². The molecule has 0 amide bonds. The van der Waals surface area contributed by atoms with Gasteiger partial charge in [-0.15, -0.1) is 0 Å². The normalized spacial score (nSPS) is 15.4. The SMILES string of the molecule is O=Cc1ccccc1COCC1CC1. The minimum Gasteiger partial charge on any atom is -0.376 e. The standard InChI is InChI=1S/C12H14O2/c13-7-11-3-1-2-4-12(11)9-14-8-10-5-6-10/h1-4,7,10H,5-6,8-9H2. The average molecular weight is 190 g/mol. The molecule has 1 fully saturated rings. The Morgan fingerprint density at radius 3 is 2.86 bits per heavy atom. The number of carbonyl (C=O) groups is 1. The van der Waals surface area contributed by atoms with Crippen molar-refractivity contribution in [2.24, 2.45) is 5.92 Å². The zero-order chi connectivity index (χ0) is 9.80. The molecule has 0 bridgehead atoms. The number of rotatable bonds is 5. The third-order valence-corrected chi connectivity index (χ3v) is 2.49. The molecule has 0 saturated heterocycles. The molecule has 74 valence electrons. The van der Waals surface area contributed by atoms with Crippen LogP contribution in [-0.4, -0.2) is 12.9 Å². The fourth-order valence-corrected chi connectivity index (χ4v) is 1.40. The predicted octanol–water partition coefficient (Wildman–Crippen LogP) is 2.43. The van der Waals surface area contributed by atoms with Crippen molar-refractivity contribution in [1.29, 1.82) is 0 Å². The van der Waals surface area contributed by atoms with Crippen molar-refractivity contribution in [3.8, 4) is 0 Å². The summed E-state index contributed by atoms with van der Waals surface area (Å²) in [5.41, 5.74) is 1.73. The summed E-state index contributed by atoms with van der Waals surface area (Å²) in [5, 5.41) is 0. The lowest BCUT2D eigenvalue weighted by molar-refractivity contribution is 0.106. The molecule has 0 heterocycles. The van der Waals surface area contributed by atoms with Crippen LogP contribution in [0.1, 0.15) is 28.8 Å². The van der Waals surface area contributed by atoms with Gasteiger partial charge in [0.15, 0.2) is 0 Å². The molecule has 0 atom stereocenters. The van der Waals surface area contributed by atoms with Crippen molar-refractivity contribution in [2.75, 3.05) is 6.61 Å². The zero-order valence-electron chi connectivity index (χ0n) is 8.11. The van der Waals surface area contributed by atoms with E-state index in [1.807, 2.05) is 24.3 Å². The molecule has 14 heavy (non-hydrogen) atoms. The fourth-order valence-electron chi connectivity index (χ4n) is 1.40. The van der Waals surface area contributed by atoms with Crippen LogP contribution in [0.5, 0.6) is 0 Å². The summed E-state index contributed by atoms with van der Waals surface area (Å²) >= 11 is 0. The van der Waals surface area contributed by atoms with E-state index < -0.39 is 0 Å². The van der Waals surface area contributed by atoms with Crippen LogP contribution in [-0.2, 0) is 11.3 Å². The molecule has 0 spiro atoms. The molecule has 2 rings (SSSR count). The van der Waals surface area contributed by atoms with Crippen molar-refractivity contribution in [3.63, 3.8) is 0 Å². The van der Waals surface area contributed by atoms with E-state index in [0.29, 0.717) is 6.61 Å². The number of hydrogen-bond donors (Lipinski definition) is 0. The fraction of sp³-hybridized carbons (Fsp3) is 0.417. The van der Waals surface area contributed by atoms with Gasteiger partial charge in [0.05, 0.1) is 6.61 Å². The Hall–Kier alpha value is -1.15. The molecule has 1 aromatic rings. The van der Waals surface area contributed by atoms with Crippen molar-refractivity contribution >= 4 is 6.29 Å². The first-order valence-corrected chi connectivity index (χ1v) is 5.01. The first kappa shape index (κ1) is 9.41. The topological polar surface area (TPSA) is 26.3 Å². The minimum atomic E-state index is 0.561. The summed E-state index contributed by atoms with van der Waals surface area (Å²) in [6, 6.07) is 7.57. The lowest BCUT2D eigenvalue weighted by atomic mass is 10.1. The van der Waals surface area contributed by atoms with Crippen LogP contribution in [0, 0.1) is 5.92 Å². The first-order chi connectivity index (χ1) is 6.90. The lowest BCUT2D eigenvalue weighted by Crippen LogP contribution is -1.99. The van der Waals surface area contributed by atoms with Gasteiger partial charge in [-0.2, -0.15) is 0 Å². The van der Waals surface area contributed by atoms with Gasteiger partial charge in [0, 0.05) is 12.2 Å². The van der Waals surface area contributed by atoms with Gasteiger partial charge >= 0.3 is 0 Å². The second kappa shape index (κ2) is 4.38. The second-order valence-corrected chi connectivity index (χ2v) is 3.78. The monoisotopic (exact) mass is 190 g/mol. The van der Waals surface area contributed by atoms with E-state index in [9.17, 15) is 4.79 Å². The molecule has 0 N–H and O–H groups in total. The maximum absolute atomic E-state index is 10.7. The molecule has 2 heteroatoms. The number of hydrogen-bond acceptors (Lipinski definition) is 2. The highest BCUT2D eigenvalue weighted by atomic mass is 16.5. The molecule has 0 aromatic heterocycles. The van der Waals surface area contributed by atoms with Gasteiger partial charge in [0.2, 0.25) is 0 Å². The Morgan fingerprint density at radius 2 is 2.14 bits per heavy atom. The molecule has 0 radical (unpaired) electrons. The van der Waals surface area contributed by atoms with E-state index in [-0.39, 0.29) is 0 Å². The van der Waals surface area contributed by atoms with E-state index in [4.69, 9.17) is 4.74 Å². The van der Waals surface area contributed by atoms with Gasteiger partial charge in [-0.1, -0.05) is 24.3 Å². The Bertz CT molecular complexity index is 316. The molecule has 1 aliphatic carbocycles. The number of benzene rings is 1. The van der Waals surface area contributed by atoms with Crippen molar-refractivity contribution in [3.05, 3.63) is 35.4 Å². The van der Waals surface area contributed by atoms with Crippen molar-refractivity contribution < 1.29 is 9.53 Å². The summed E-state index contributed by atoms with van der Waals surface area (Å²) < 4.78 is 5.53. The average Bonchev–Trinajstić information content (AvgIpc) is 3.03. The maximum Gasteiger partial charge on any atom is 0.150 e. The van der Waals surface area contributed by atoms with E-state index in [0.717, 1.165) is 29.9 Å². The highest BCUT2D eigenvalue weighted by Crippen LogP contribution is 2.29. The van der Waals surface area contributed by atoms with E-state index >= 15 is 0 Å². The van der Waals surface area contributed by atoms with Crippen molar-refractivity contribution in [1.82, 2.24) is 0 Å². The molecule has 0 unspecified atom stereocenters. The van der Waals surface area contributed by atoms with Crippen LogP contribution in [0.15, 0.2) is 24.3 Å². The molecule has 1 saturated carbocycles. The summed E-state index contributed by atoms with van der Waals surface area (Å²) in [6.45, 7) is 1.40. The molecule has 1 aromatic carbocycles. The third kappa shape index (κ3) is 2.42. The quantitative estimate of drug-likeness (QED) is 0.666. The van der Waals surface area contributed by atoms with Gasteiger partial charge < -0.3 is 4.74 Å². The molecular formula is C12H14O2. The highest BCUT2D eigenvalue weighted by Gasteiger charge is 2.21. The van der Waals surface area contributed by atoms with E-state index in [1.165, 1.54) is 12.8 Å². The number of carbonyl (C=O) groups excluding carboxylic acids is 1. The Morgan fingerprint density at radius 1 is 1.36 bits per heavy atom. The van der Waals surface area contributed by atoms with Crippen LogP contribution < -0.4 is 0 Å². The number of aldehydes is 1. The van der Waals surface area contributed by atoms with E-state index in [2.05, 4.69) is 0 Å². The minimum absolute atomic E-state index is 0.561. The van der Waals surface area contributed by atoms with Crippen LogP contribution >= 0.6 is 0 Å². The molecule has 0 aliphatic heterocycles. The van der Waals surface area contributed by atoms with Crippen LogP contribution in [0.25, 0.3) is 0 Å².